The number of nitrogens with zero attached hydrogens (tertiary/aromatic N) is 1. The van der Waals surface area contributed by atoms with Gasteiger partial charge in [0.25, 0.3) is 0 Å². The second-order valence-electron chi connectivity index (χ2n) is 4.22. The summed E-state index contributed by atoms with van der Waals surface area (Å²) in [4.78, 5) is 4.43. The molecule has 0 amide bonds. The van der Waals surface area contributed by atoms with Crippen molar-refractivity contribution in [3.63, 3.8) is 0 Å². The summed E-state index contributed by atoms with van der Waals surface area (Å²) >= 11 is 16.5. The quantitative estimate of drug-likeness (QED) is 0.379. The Morgan fingerprint density at radius 3 is 1.68 bits per heavy atom. The Morgan fingerprint density at radius 2 is 1.41 bits per heavy atom. The molecule has 114 valence electrons. The number of aromatic nitrogens is 2. The fraction of sp³-hybridized carbons (Fsp3) is 0.0667. The fourth-order valence-corrected chi connectivity index (χ4v) is 3.44. The van der Waals surface area contributed by atoms with E-state index in [9.17, 15) is 0 Å². The minimum atomic E-state index is 0.748. The van der Waals surface area contributed by atoms with Gasteiger partial charge in [0.15, 0.2) is 3.95 Å². The molecule has 0 atom stereocenters. The topological polar surface area (TPSA) is 28.7 Å². The van der Waals surface area contributed by atoms with Crippen LogP contribution in [0, 0.1) is 10.9 Å². The monoisotopic (exact) mass is 382 g/mol. The molecule has 0 saturated heterocycles. The summed E-state index contributed by atoms with van der Waals surface area (Å²) in [5, 5.41) is 7.45. The van der Waals surface area contributed by atoms with Gasteiger partial charge < -0.3 is 0 Å². The van der Waals surface area contributed by atoms with Crippen molar-refractivity contribution in [2.75, 3.05) is 0 Å². The van der Waals surface area contributed by atoms with Gasteiger partial charge in [-0.15, -0.1) is 25.3 Å². The smallest absolute Gasteiger partial charge is 0.176 e. The van der Waals surface area contributed by atoms with Gasteiger partial charge in [-0.2, -0.15) is 5.10 Å². The van der Waals surface area contributed by atoms with Crippen LogP contribution >= 0.6 is 60.6 Å². The molecular formula is C15H14N2S5. The van der Waals surface area contributed by atoms with Gasteiger partial charge in [-0.1, -0.05) is 23.1 Å². The number of aromatic amines is 1. The highest BCUT2D eigenvalue weighted by atomic mass is 32.2. The summed E-state index contributed by atoms with van der Waals surface area (Å²) in [6, 6.07) is 16.3. The zero-order valence-corrected chi connectivity index (χ0v) is 15.9. The van der Waals surface area contributed by atoms with Gasteiger partial charge in [0, 0.05) is 19.6 Å². The molecule has 0 aliphatic heterocycles. The van der Waals surface area contributed by atoms with Crippen molar-refractivity contribution >= 4 is 60.6 Å². The van der Waals surface area contributed by atoms with Crippen LogP contribution in [-0.4, -0.2) is 10.2 Å². The molecule has 0 unspecified atom stereocenters. The molecule has 3 aromatic rings. The number of benzene rings is 2. The summed E-state index contributed by atoms with van der Waals surface area (Å²) in [6.45, 7) is 1.91. The Balaban J connectivity index is 0.000000211. The summed E-state index contributed by atoms with van der Waals surface area (Å²) < 4.78 is 0.748. The predicted octanol–water partition coefficient (Wildman–Crippen LogP) is 5.92. The van der Waals surface area contributed by atoms with Crippen LogP contribution in [0.25, 0.3) is 0 Å². The molecule has 1 aromatic heterocycles. The Bertz CT molecular complexity index is 716. The number of rotatable bonds is 2. The maximum absolute atomic E-state index is 4.73. The average Bonchev–Trinajstić information content (AvgIpc) is 2.88. The van der Waals surface area contributed by atoms with Crippen LogP contribution in [0.1, 0.15) is 5.01 Å². The summed E-state index contributed by atoms with van der Waals surface area (Å²) in [6.07, 6.45) is 0. The fourth-order valence-electron chi connectivity index (χ4n) is 1.47. The van der Waals surface area contributed by atoms with Crippen LogP contribution < -0.4 is 0 Å². The van der Waals surface area contributed by atoms with Gasteiger partial charge in [-0.25, -0.2) is 0 Å². The first-order valence-corrected chi connectivity index (χ1v) is 9.24. The summed E-state index contributed by atoms with van der Waals surface area (Å²) in [5.41, 5.74) is 0. The van der Waals surface area contributed by atoms with Crippen LogP contribution in [0.5, 0.6) is 0 Å². The van der Waals surface area contributed by atoms with E-state index in [2.05, 4.69) is 59.7 Å². The number of H-pyrrole nitrogens is 1. The molecule has 0 saturated carbocycles. The van der Waals surface area contributed by atoms with Crippen molar-refractivity contribution in [2.45, 2.75) is 26.5 Å². The molecule has 0 spiro atoms. The van der Waals surface area contributed by atoms with Crippen LogP contribution in [0.4, 0.5) is 0 Å². The summed E-state index contributed by atoms with van der Waals surface area (Å²) in [5.74, 6) is 0. The highest BCUT2D eigenvalue weighted by molar-refractivity contribution is 7.99. The Labute approximate surface area is 154 Å². The first-order valence-electron chi connectivity index (χ1n) is 6.31. The molecule has 1 N–H and O–H groups in total. The lowest BCUT2D eigenvalue weighted by Gasteiger charge is -2.01. The zero-order chi connectivity index (χ0) is 15.9. The van der Waals surface area contributed by atoms with Crippen molar-refractivity contribution in [3.05, 3.63) is 57.5 Å². The lowest BCUT2D eigenvalue weighted by molar-refractivity contribution is 1.04. The maximum atomic E-state index is 4.73. The molecule has 3 rings (SSSR count). The van der Waals surface area contributed by atoms with E-state index in [1.54, 1.807) is 11.8 Å². The largest absolute Gasteiger partial charge is 0.258 e. The number of aryl methyl sites for hydroxylation is 1. The molecule has 2 aromatic carbocycles. The Kier molecular flexibility index (Phi) is 7.04. The van der Waals surface area contributed by atoms with Gasteiger partial charge in [0.05, 0.1) is 0 Å². The van der Waals surface area contributed by atoms with Gasteiger partial charge in [-0.3, -0.25) is 5.10 Å². The third kappa shape index (κ3) is 6.18. The van der Waals surface area contributed by atoms with Gasteiger partial charge in [0.1, 0.15) is 5.01 Å². The SMILES string of the molecule is Cc1n[nH]c(=S)s1.Sc1ccc(Sc2ccc(S)cc2)cc1. The third-order valence-electron chi connectivity index (χ3n) is 2.45. The van der Waals surface area contributed by atoms with E-state index in [4.69, 9.17) is 12.2 Å². The van der Waals surface area contributed by atoms with Crippen LogP contribution in [-0.2, 0) is 0 Å². The van der Waals surface area contributed by atoms with E-state index in [0.29, 0.717) is 0 Å². The van der Waals surface area contributed by atoms with Gasteiger partial charge >= 0.3 is 0 Å². The van der Waals surface area contributed by atoms with Crippen molar-refractivity contribution in [1.29, 1.82) is 0 Å². The lowest BCUT2D eigenvalue weighted by atomic mass is 10.4. The van der Waals surface area contributed by atoms with Crippen LogP contribution in [0.15, 0.2) is 68.1 Å². The molecule has 0 aliphatic carbocycles. The number of nitrogens with one attached hydrogen (secondary N) is 1. The van der Waals surface area contributed by atoms with E-state index in [1.807, 2.05) is 31.2 Å². The standard InChI is InChI=1S/C12H10S3.C3H4N2S2/c13-9-1-5-11(6-2-9)15-12-7-3-10(14)4-8-12;1-2-4-5-3(6)7-2/h1-8,13-14H;1H3,(H,5,6). The molecule has 7 heteroatoms. The first kappa shape index (κ1) is 17.6. The van der Waals surface area contributed by atoms with Crippen molar-refractivity contribution in [2.24, 2.45) is 0 Å². The predicted molar refractivity (Wildman–Crippen MR) is 104 cm³/mol. The zero-order valence-electron chi connectivity index (χ0n) is 11.7. The Morgan fingerprint density at radius 1 is 0.955 bits per heavy atom. The maximum Gasteiger partial charge on any atom is 0.176 e. The number of hydrogen-bond donors (Lipinski definition) is 3. The molecule has 0 radical (unpaired) electrons. The second kappa shape index (κ2) is 8.79. The van der Waals surface area contributed by atoms with E-state index >= 15 is 0 Å². The van der Waals surface area contributed by atoms with Crippen molar-refractivity contribution in [1.82, 2.24) is 10.2 Å². The molecule has 1 heterocycles. The normalized spacial score (nSPS) is 9.95. The lowest BCUT2D eigenvalue weighted by Crippen LogP contribution is -1.73. The summed E-state index contributed by atoms with van der Waals surface area (Å²) in [7, 11) is 0. The minimum Gasteiger partial charge on any atom is -0.258 e. The van der Waals surface area contributed by atoms with Gasteiger partial charge in [0.2, 0.25) is 0 Å². The van der Waals surface area contributed by atoms with E-state index in [1.165, 1.54) is 21.1 Å². The van der Waals surface area contributed by atoms with Gasteiger partial charge in [-0.05, 0) is 67.7 Å². The molecule has 0 fully saturated rings. The average molecular weight is 383 g/mol. The van der Waals surface area contributed by atoms with E-state index in [0.717, 1.165) is 18.8 Å². The number of thiol groups is 2. The first-order chi connectivity index (χ1) is 10.5. The highest BCUT2D eigenvalue weighted by Crippen LogP contribution is 2.28. The minimum absolute atomic E-state index is 0.748. The Hall–Kier alpha value is -0.730. The molecule has 0 bridgehead atoms. The highest BCUT2D eigenvalue weighted by Gasteiger charge is 1.96. The van der Waals surface area contributed by atoms with Crippen LogP contribution in [0.3, 0.4) is 0 Å². The molecule has 22 heavy (non-hydrogen) atoms. The molecular weight excluding hydrogens is 369 g/mol. The molecule has 2 nitrogen and oxygen atoms in total. The second-order valence-corrected chi connectivity index (χ2v) is 8.27. The number of hydrogen-bond acceptors (Lipinski definition) is 6. The molecule has 0 aliphatic rings. The van der Waals surface area contributed by atoms with E-state index in [-0.39, 0.29) is 0 Å². The van der Waals surface area contributed by atoms with Crippen LogP contribution in [0.2, 0.25) is 0 Å². The van der Waals surface area contributed by atoms with Crippen molar-refractivity contribution < 1.29 is 0 Å². The third-order valence-corrected chi connectivity index (χ3v) is 5.07. The van der Waals surface area contributed by atoms with Crippen molar-refractivity contribution in [3.8, 4) is 0 Å². The van der Waals surface area contributed by atoms with E-state index < -0.39 is 0 Å².